The summed E-state index contributed by atoms with van der Waals surface area (Å²) >= 11 is 0. The Hall–Kier alpha value is -2.34. The summed E-state index contributed by atoms with van der Waals surface area (Å²) in [4.78, 5) is 13.2. The van der Waals surface area contributed by atoms with Gasteiger partial charge in [-0.1, -0.05) is 39.0 Å². The number of aryl methyl sites for hydroxylation is 3. The van der Waals surface area contributed by atoms with Crippen molar-refractivity contribution in [1.82, 2.24) is 20.4 Å². The second-order valence-electron chi connectivity index (χ2n) is 9.28. The Morgan fingerprint density at radius 2 is 2.00 bits per heavy atom. The van der Waals surface area contributed by atoms with E-state index in [1.54, 1.807) is 4.68 Å². The van der Waals surface area contributed by atoms with Gasteiger partial charge in [0.25, 0.3) is 0 Å². The van der Waals surface area contributed by atoms with Crippen molar-refractivity contribution in [2.24, 2.45) is 18.4 Å². The molecule has 1 aromatic carbocycles. The number of carbonyl (C=O) groups excluding carboxylic acids is 1. The third-order valence-corrected chi connectivity index (χ3v) is 5.87. The van der Waals surface area contributed by atoms with Crippen LogP contribution >= 0.6 is 0 Å². The molecule has 6 nitrogen and oxygen atoms in total. The van der Waals surface area contributed by atoms with Gasteiger partial charge in [0, 0.05) is 32.3 Å². The molecule has 29 heavy (non-hydrogen) atoms. The molecule has 1 aromatic heterocycles. The highest BCUT2D eigenvalue weighted by Crippen LogP contribution is 2.30. The van der Waals surface area contributed by atoms with Gasteiger partial charge in [0.1, 0.15) is 12.4 Å². The zero-order chi connectivity index (χ0) is 21.2. The van der Waals surface area contributed by atoms with Crippen LogP contribution < -0.4 is 15.4 Å². The Bertz CT molecular complexity index is 833. The van der Waals surface area contributed by atoms with E-state index in [-0.39, 0.29) is 29.2 Å². The molecule has 1 unspecified atom stereocenters. The van der Waals surface area contributed by atoms with E-state index >= 15 is 0 Å². The Balaban J connectivity index is 1.70. The van der Waals surface area contributed by atoms with Crippen LogP contribution in [0.4, 0.5) is 0 Å². The monoisotopic (exact) mass is 398 g/mol. The fraction of sp³-hybridized carbons (Fsp3) is 0.565. The van der Waals surface area contributed by atoms with E-state index in [1.807, 2.05) is 25.5 Å². The summed E-state index contributed by atoms with van der Waals surface area (Å²) in [6, 6.07) is 6.04. The van der Waals surface area contributed by atoms with E-state index in [1.165, 1.54) is 0 Å². The summed E-state index contributed by atoms with van der Waals surface area (Å²) in [7, 11) is 1.90. The summed E-state index contributed by atoms with van der Waals surface area (Å²) in [5.74, 6) is 1.02. The molecule has 3 rings (SSSR count). The van der Waals surface area contributed by atoms with Gasteiger partial charge in [0.05, 0.1) is 18.2 Å². The molecule has 2 heterocycles. The lowest BCUT2D eigenvalue weighted by atomic mass is 9.85. The molecule has 1 fully saturated rings. The van der Waals surface area contributed by atoms with Gasteiger partial charge in [-0.05, 0) is 36.0 Å². The minimum Gasteiger partial charge on any atom is -0.491 e. The van der Waals surface area contributed by atoms with Gasteiger partial charge < -0.3 is 15.4 Å². The van der Waals surface area contributed by atoms with Crippen LogP contribution in [-0.2, 0) is 11.8 Å². The molecular formula is C23H34N4O2. The number of ether oxygens (including phenoxy) is 1. The van der Waals surface area contributed by atoms with Gasteiger partial charge in [-0.2, -0.15) is 5.10 Å². The smallest absolute Gasteiger partial charge is 0.225 e. The van der Waals surface area contributed by atoms with Gasteiger partial charge >= 0.3 is 0 Å². The summed E-state index contributed by atoms with van der Waals surface area (Å²) in [5.41, 5.74) is 3.21. The molecule has 1 saturated heterocycles. The predicted molar refractivity (Wildman–Crippen MR) is 115 cm³/mol. The third kappa shape index (κ3) is 4.99. The SMILES string of the molecule is Cc1cccc(C)c1OCC(NC(=O)[C@H]1CNC[C@@H]1c1cnn(C)c1)C(C)(C)C. The first-order valence-electron chi connectivity index (χ1n) is 10.4. The minimum absolute atomic E-state index is 0.0777. The largest absolute Gasteiger partial charge is 0.491 e. The van der Waals surface area contributed by atoms with Crippen LogP contribution in [0.25, 0.3) is 0 Å². The minimum atomic E-state index is -0.123. The van der Waals surface area contributed by atoms with Crippen molar-refractivity contribution < 1.29 is 9.53 Å². The van der Waals surface area contributed by atoms with Crippen molar-refractivity contribution in [3.8, 4) is 5.75 Å². The lowest BCUT2D eigenvalue weighted by molar-refractivity contribution is -0.126. The first-order chi connectivity index (χ1) is 13.7. The van der Waals surface area contributed by atoms with E-state index in [0.29, 0.717) is 13.2 Å². The van der Waals surface area contributed by atoms with Crippen LogP contribution in [0.3, 0.4) is 0 Å². The molecule has 0 spiro atoms. The maximum absolute atomic E-state index is 13.2. The maximum atomic E-state index is 13.2. The Kier molecular flexibility index (Phi) is 6.32. The van der Waals surface area contributed by atoms with Gasteiger partial charge in [0.15, 0.2) is 0 Å². The van der Waals surface area contributed by atoms with E-state index in [2.05, 4.69) is 62.5 Å². The zero-order valence-electron chi connectivity index (χ0n) is 18.5. The molecule has 0 radical (unpaired) electrons. The highest BCUT2D eigenvalue weighted by Gasteiger charge is 2.37. The van der Waals surface area contributed by atoms with Crippen LogP contribution in [0.1, 0.15) is 43.4 Å². The lowest BCUT2D eigenvalue weighted by Crippen LogP contribution is -2.50. The van der Waals surface area contributed by atoms with Crippen LogP contribution in [0.15, 0.2) is 30.6 Å². The second kappa shape index (κ2) is 8.57. The topological polar surface area (TPSA) is 68.2 Å². The fourth-order valence-corrected chi connectivity index (χ4v) is 3.92. The maximum Gasteiger partial charge on any atom is 0.225 e. The van der Waals surface area contributed by atoms with Gasteiger partial charge in [0.2, 0.25) is 5.91 Å². The molecule has 1 aliphatic heterocycles. The van der Waals surface area contributed by atoms with Gasteiger partial charge in [-0.3, -0.25) is 9.48 Å². The van der Waals surface area contributed by atoms with Crippen molar-refractivity contribution in [1.29, 1.82) is 0 Å². The highest BCUT2D eigenvalue weighted by atomic mass is 16.5. The van der Waals surface area contributed by atoms with Crippen molar-refractivity contribution in [2.45, 2.75) is 46.6 Å². The van der Waals surface area contributed by atoms with Crippen molar-refractivity contribution in [3.63, 3.8) is 0 Å². The highest BCUT2D eigenvalue weighted by molar-refractivity contribution is 5.81. The van der Waals surface area contributed by atoms with E-state index in [0.717, 1.165) is 29.0 Å². The van der Waals surface area contributed by atoms with E-state index < -0.39 is 0 Å². The Labute approximate surface area is 174 Å². The lowest BCUT2D eigenvalue weighted by Gasteiger charge is -2.33. The molecule has 1 aliphatic rings. The number of hydrogen-bond donors (Lipinski definition) is 2. The predicted octanol–water partition coefficient (Wildman–Crippen LogP) is 2.95. The van der Waals surface area contributed by atoms with E-state index in [4.69, 9.17) is 4.74 Å². The number of hydrogen-bond acceptors (Lipinski definition) is 4. The molecular weight excluding hydrogens is 364 g/mol. The van der Waals surface area contributed by atoms with Gasteiger partial charge in [-0.25, -0.2) is 0 Å². The number of rotatable bonds is 6. The van der Waals surface area contributed by atoms with Crippen LogP contribution in [0, 0.1) is 25.2 Å². The first kappa shape index (κ1) is 21.4. The van der Waals surface area contributed by atoms with Crippen LogP contribution in [0.2, 0.25) is 0 Å². The zero-order valence-corrected chi connectivity index (χ0v) is 18.5. The summed E-state index contributed by atoms with van der Waals surface area (Å²) in [6.45, 7) is 12.4. The molecule has 2 N–H and O–H groups in total. The van der Waals surface area contributed by atoms with Crippen LogP contribution in [0.5, 0.6) is 5.75 Å². The van der Waals surface area contributed by atoms with Crippen molar-refractivity contribution in [2.75, 3.05) is 19.7 Å². The molecule has 2 aromatic rings. The number of aromatic nitrogens is 2. The molecule has 0 saturated carbocycles. The van der Waals surface area contributed by atoms with Crippen molar-refractivity contribution in [3.05, 3.63) is 47.3 Å². The average Bonchev–Trinajstić information content (AvgIpc) is 3.27. The molecule has 6 heteroatoms. The fourth-order valence-electron chi connectivity index (χ4n) is 3.92. The summed E-state index contributed by atoms with van der Waals surface area (Å²) < 4.78 is 7.98. The normalized spacial score (nSPS) is 20.5. The Morgan fingerprint density at radius 3 is 2.59 bits per heavy atom. The second-order valence-corrected chi connectivity index (χ2v) is 9.28. The van der Waals surface area contributed by atoms with Gasteiger partial charge in [-0.15, -0.1) is 0 Å². The number of carbonyl (C=O) groups is 1. The molecule has 3 atom stereocenters. The molecule has 1 amide bonds. The molecule has 0 aliphatic carbocycles. The Morgan fingerprint density at radius 1 is 1.31 bits per heavy atom. The standard InChI is InChI=1S/C23H34N4O2/c1-15-8-7-9-16(2)21(15)29-14-20(23(3,4)5)26-22(28)19-12-24-11-18(19)17-10-25-27(6)13-17/h7-10,13,18-20,24H,11-12,14H2,1-6H3,(H,26,28)/t18-,19+,20?/m1/s1. The number of benzene rings is 1. The number of nitrogens with zero attached hydrogens (tertiary/aromatic N) is 2. The summed E-state index contributed by atoms with van der Waals surface area (Å²) in [6.07, 6.45) is 3.87. The molecule has 0 bridgehead atoms. The number of para-hydroxylation sites is 1. The van der Waals surface area contributed by atoms with Crippen molar-refractivity contribution >= 4 is 5.91 Å². The molecule has 158 valence electrons. The number of nitrogens with one attached hydrogen (secondary N) is 2. The van der Waals surface area contributed by atoms with E-state index in [9.17, 15) is 4.79 Å². The average molecular weight is 399 g/mol. The first-order valence-corrected chi connectivity index (χ1v) is 10.4. The quantitative estimate of drug-likeness (QED) is 0.785. The van der Waals surface area contributed by atoms with Crippen LogP contribution in [-0.4, -0.2) is 41.4 Å². The number of amides is 1. The third-order valence-electron chi connectivity index (χ3n) is 5.87. The summed E-state index contributed by atoms with van der Waals surface area (Å²) in [5, 5.41) is 10.9.